The number of hydrogen-bond acceptors (Lipinski definition) is 2. The normalized spacial score (nSPS) is 13.2. The second-order valence-electron chi connectivity index (χ2n) is 3.40. The third-order valence-electron chi connectivity index (χ3n) is 2.05. The van der Waals surface area contributed by atoms with Crippen LogP contribution >= 0.6 is 22.9 Å². The summed E-state index contributed by atoms with van der Waals surface area (Å²) in [5, 5.41) is 3.34. The molecular weight excluding hydrogens is 202 g/mol. The fourth-order valence-electron chi connectivity index (χ4n) is 1.39. The Morgan fingerprint density at radius 2 is 2.38 bits per heavy atom. The lowest BCUT2D eigenvalue weighted by Gasteiger charge is -2.09. The van der Waals surface area contributed by atoms with Crippen LogP contribution in [0.2, 0.25) is 0 Å². The molecular formula is C10H16ClNS. The highest BCUT2D eigenvalue weighted by Gasteiger charge is 2.09. The van der Waals surface area contributed by atoms with Gasteiger partial charge in [-0.05, 0) is 19.3 Å². The van der Waals surface area contributed by atoms with Crippen molar-refractivity contribution in [2.24, 2.45) is 5.92 Å². The molecule has 0 radical (unpaired) electrons. The molecule has 1 unspecified atom stereocenters. The van der Waals surface area contributed by atoms with Gasteiger partial charge in [-0.3, -0.25) is 0 Å². The smallest absolute Gasteiger partial charge is 0.0931 e. The largest absolute Gasteiger partial charge is 0.247 e. The Labute approximate surface area is 89.1 Å². The van der Waals surface area contributed by atoms with E-state index in [2.05, 4.69) is 17.3 Å². The van der Waals surface area contributed by atoms with Crippen LogP contribution in [0.3, 0.4) is 0 Å². The molecule has 1 aromatic rings. The van der Waals surface area contributed by atoms with Gasteiger partial charge in [-0.1, -0.05) is 13.3 Å². The molecule has 0 spiro atoms. The van der Waals surface area contributed by atoms with Crippen LogP contribution in [0.15, 0.2) is 5.38 Å². The summed E-state index contributed by atoms with van der Waals surface area (Å²) < 4.78 is 0. The highest BCUT2D eigenvalue weighted by molar-refractivity contribution is 7.09. The minimum atomic E-state index is 0.609. The van der Waals surface area contributed by atoms with Crippen molar-refractivity contribution in [1.29, 1.82) is 0 Å². The van der Waals surface area contributed by atoms with Crippen molar-refractivity contribution >= 4 is 22.9 Å². The molecule has 1 rings (SSSR count). The van der Waals surface area contributed by atoms with E-state index < -0.39 is 0 Å². The summed E-state index contributed by atoms with van der Waals surface area (Å²) in [6.45, 7) is 4.24. The van der Waals surface area contributed by atoms with E-state index in [1.165, 1.54) is 17.8 Å². The highest BCUT2D eigenvalue weighted by atomic mass is 35.5. The van der Waals surface area contributed by atoms with Crippen LogP contribution in [0.4, 0.5) is 0 Å². The number of hydrogen-bond donors (Lipinski definition) is 0. The Morgan fingerprint density at radius 3 is 2.85 bits per heavy atom. The second-order valence-corrected chi connectivity index (χ2v) is 4.65. The van der Waals surface area contributed by atoms with Gasteiger partial charge in [0.2, 0.25) is 0 Å². The zero-order chi connectivity index (χ0) is 9.68. The van der Waals surface area contributed by atoms with Crippen LogP contribution in [0.5, 0.6) is 0 Å². The van der Waals surface area contributed by atoms with Gasteiger partial charge in [-0.15, -0.1) is 22.9 Å². The Hall–Kier alpha value is -0.0800. The minimum Gasteiger partial charge on any atom is -0.247 e. The maximum absolute atomic E-state index is 5.88. The summed E-state index contributed by atoms with van der Waals surface area (Å²) >= 11 is 7.63. The lowest BCUT2D eigenvalue weighted by molar-refractivity contribution is 0.527. The maximum Gasteiger partial charge on any atom is 0.0931 e. The predicted molar refractivity (Wildman–Crippen MR) is 59.7 cm³/mol. The van der Waals surface area contributed by atoms with Crippen LogP contribution in [0.25, 0.3) is 0 Å². The van der Waals surface area contributed by atoms with E-state index in [1.54, 1.807) is 11.3 Å². The third kappa shape index (κ3) is 3.65. The second kappa shape index (κ2) is 5.61. The summed E-state index contributed by atoms with van der Waals surface area (Å²) in [6.07, 6.45) is 3.47. The van der Waals surface area contributed by atoms with E-state index in [4.69, 9.17) is 11.6 Å². The van der Waals surface area contributed by atoms with Crippen molar-refractivity contribution in [2.45, 2.75) is 33.1 Å². The molecule has 0 aromatic carbocycles. The Bertz CT molecular complexity index is 247. The molecule has 0 saturated carbocycles. The SMILES string of the molecule is CCCC(CCl)Cc1nc(C)cs1. The highest BCUT2D eigenvalue weighted by Crippen LogP contribution is 2.18. The lowest BCUT2D eigenvalue weighted by atomic mass is 10.0. The molecule has 0 aliphatic carbocycles. The first-order chi connectivity index (χ1) is 6.26. The molecule has 0 N–H and O–H groups in total. The van der Waals surface area contributed by atoms with Gasteiger partial charge in [0.25, 0.3) is 0 Å². The average Bonchev–Trinajstić information content (AvgIpc) is 2.50. The van der Waals surface area contributed by atoms with E-state index in [0.717, 1.165) is 18.0 Å². The number of rotatable bonds is 5. The molecule has 1 heterocycles. The van der Waals surface area contributed by atoms with Crippen molar-refractivity contribution < 1.29 is 0 Å². The monoisotopic (exact) mass is 217 g/mol. The quantitative estimate of drug-likeness (QED) is 0.687. The molecule has 1 aromatic heterocycles. The molecule has 0 aliphatic heterocycles. The zero-order valence-electron chi connectivity index (χ0n) is 8.22. The first-order valence-corrected chi connectivity index (χ1v) is 6.14. The van der Waals surface area contributed by atoms with Gasteiger partial charge >= 0.3 is 0 Å². The first-order valence-electron chi connectivity index (χ1n) is 4.73. The molecule has 0 aliphatic rings. The fraction of sp³-hybridized carbons (Fsp3) is 0.700. The Kier molecular flexibility index (Phi) is 4.74. The summed E-state index contributed by atoms with van der Waals surface area (Å²) in [6, 6.07) is 0. The molecule has 0 saturated heterocycles. The summed E-state index contributed by atoms with van der Waals surface area (Å²) in [5.74, 6) is 1.36. The minimum absolute atomic E-state index is 0.609. The van der Waals surface area contributed by atoms with Gasteiger partial charge in [0.1, 0.15) is 0 Å². The number of aromatic nitrogens is 1. The van der Waals surface area contributed by atoms with Crippen LogP contribution < -0.4 is 0 Å². The molecule has 0 amide bonds. The van der Waals surface area contributed by atoms with Crippen molar-refractivity contribution in [3.8, 4) is 0 Å². The fourth-order valence-corrected chi connectivity index (χ4v) is 2.54. The number of nitrogens with zero attached hydrogens (tertiary/aromatic N) is 1. The van der Waals surface area contributed by atoms with Crippen LogP contribution in [0, 0.1) is 12.8 Å². The van der Waals surface area contributed by atoms with Crippen LogP contribution in [0.1, 0.15) is 30.5 Å². The molecule has 0 bridgehead atoms. The summed E-state index contributed by atoms with van der Waals surface area (Å²) in [7, 11) is 0. The maximum atomic E-state index is 5.88. The lowest BCUT2D eigenvalue weighted by Crippen LogP contribution is -2.05. The van der Waals surface area contributed by atoms with Gasteiger partial charge < -0.3 is 0 Å². The Balaban J connectivity index is 2.46. The van der Waals surface area contributed by atoms with E-state index in [0.29, 0.717) is 5.92 Å². The van der Waals surface area contributed by atoms with Crippen molar-refractivity contribution in [1.82, 2.24) is 4.98 Å². The van der Waals surface area contributed by atoms with Gasteiger partial charge in [0.05, 0.1) is 5.01 Å². The van der Waals surface area contributed by atoms with Gasteiger partial charge in [0.15, 0.2) is 0 Å². The number of thiazole rings is 1. The predicted octanol–water partition coefficient (Wildman–Crippen LogP) is 3.65. The van der Waals surface area contributed by atoms with Crippen molar-refractivity contribution in [2.75, 3.05) is 5.88 Å². The molecule has 1 atom stereocenters. The summed E-state index contributed by atoms with van der Waals surface area (Å²) in [4.78, 5) is 4.44. The van der Waals surface area contributed by atoms with E-state index in [9.17, 15) is 0 Å². The van der Waals surface area contributed by atoms with E-state index in [-0.39, 0.29) is 0 Å². The number of alkyl halides is 1. The van der Waals surface area contributed by atoms with E-state index >= 15 is 0 Å². The average molecular weight is 218 g/mol. The topological polar surface area (TPSA) is 12.9 Å². The third-order valence-corrected chi connectivity index (χ3v) is 3.47. The summed E-state index contributed by atoms with van der Waals surface area (Å²) in [5.41, 5.74) is 1.13. The number of aryl methyl sites for hydroxylation is 1. The van der Waals surface area contributed by atoms with Crippen LogP contribution in [-0.4, -0.2) is 10.9 Å². The molecule has 3 heteroatoms. The van der Waals surface area contributed by atoms with Gasteiger partial charge in [0, 0.05) is 23.4 Å². The molecule has 74 valence electrons. The molecule has 1 nitrogen and oxygen atoms in total. The first kappa shape index (κ1) is 11.0. The standard InChI is InChI=1S/C10H16ClNS/c1-3-4-9(6-11)5-10-12-8(2)7-13-10/h7,9H,3-6H2,1-2H3. The van der Waals surface area contributed by atoms with Crippen molar-refractivity contribution in [3.05, 3.63) is 16.1 Å². The number of halogens is 1. The zero-order valence-corrected chi connectivity index (χ0v) is 9.79. The van der Waals surface area contributed by atoms with E-state index in [1.807, 2.05) is 6.92 Å². The molecule has 0 fully saturated rings. The van der Waals surface area contributed by atoms with Crippen LogP contribution in [-0.2, 0) is 6.42 Å². The Morgan fingerprint density at radius 1 is 1.62 bits per heavy atom. The molecule has 13 heavy (non-hydrogen) atoms. The van der Waals surface area contributed by atoms with Gasteiger partial charge in [-0.2, -0.15) is 0 Å². The van der Waals surface area contributed by atoms with Gasteiger partial charge in [-0.25, -0.2) is 4.98 Å². The van der Waals surface area contributed by atoms with Crippen molar-refractivity contribution in [3.63, 3.8) is 0 Å².